The van der Waals surface area contributed by atoms with Crippen LogP contribution in [0.5, 0.6) is 0 Å². The number of rotatable bonds is 2. The predicted octanol–water partition coefficient (Wildman–Crippen LogP) is 1.29. The van der Waals surface area contributed by atoms with Crippen molar-refractivity contribution < 1.29 is 18.3 Å². The molecule has 0 bridgehead atoms. The summed E-state index contributed by atoms with van der Waals surface area (Å²) in [6.07, 6.45) is 1.35. The molecule has 0 unspecified atom stereocenters. The lowest BCUT2D eigenvalue weighted by Crippen LogP contribution is -2.40. The van der Waals surface area contributed by atoms with Gasteiger partial charge in [-0.25, -0.2) is 4.90 Å². The van der Waals surface area contributed by atoms with Crippen LogP contribution in [-0.4, -0.2) is 44.0 Å². The second-order valence-corrected chi connectivity index (χ2v) is 3.76. The quantitative estimate of drug-likeness (QED) is 0.637. The number of likely N-dealkylation sites (tertiary alicyclic amines) is 1. The highest BCUT2D eigenvalue weighted by atomic mass is 19.3. The first-order valence-electron chi connectivity index (χ1n) is 5.03. The minimum Gasteiger partial charge on any atom is -0.350 e. The van der Waals surface area contributed by atoms with E-state index in [-0.39, 0.29) is 6.29 Å². The molecule has 2 saturated heterocycles. The van der Waals surface area contributed by atoms with E-state index >= 15 is 0 Å². The summed E-state index contributed by atoms with van der Waals surface area (Å²) in [6, 6.07) is 0. The topological polar surface area (TPSA) is 21.7 Å². The van der Waals surface area contributed by atoms with Crippen molar-refractivity contribution in [1.29, 1.82) is 0 Å². The van der Waals surface area contributed by atoms with Crippen LogP contribution in [-0.2, 0) is 9.47 Å². The van der Waals surface area contributed by atoms with Crippen molar-refractivity contribution in [1.82, 2.24) is 4.90 Å². The number of ether oxygens (including phenoxy) is 2. The molecule has 0 atom stereocenters. The molecule has 0 aliphatic carbocycles. The normalized spacial score (nSPS) is 27.6. The molecule has 5 heteroatoms. The lowest BCUT2D eigenvalue weighted by molar-refractivity contribution is -0.115. The second-order valence-electron chi connectivity index (χ2n) is 3.76. The van der Waals surface area contributed by atoms with E-state index in [1.165, 1.54) is 4.90 Å². The zero-order valence-electron chi connectivity index (χ0n) is 7.99. The van der Waals surface area contributed by atoms with Crippen LogP contribution in [0, 0.1) is 5.92 Å². The summed E-state index contributed by atoms with van der Waals surface area (Å²) in [4.78, 5) is 1.20. The zero-order valence-corrected chi connectivity index (χ0v) is 7.99. The molecule has 2 heterocycles. The van der Waals surface area contributed by atoms with Crippen molar-refractivity contribution >= 4 is 0 Å². The maximum Gasteiger partial charge on any atom is 0.294 e. The Bertz CT molecular complexity index is 178. The number of piperidine rings is 1. The van der Waals surface area contributed by atoms with Crippen molar-refractivity contribution in [3.63, 3.8) is 0 Å². The largest absolute Gasteiger partial charge is 0.350 e. The van der Waals surface area contributed by atoms with Crippen LogP contribution in [0.3, 0.4) is 0 Å². The molecule has 0 N–H and O–H groups in total. The van der Waals surface area contributed by atoms with Crippen molar-refractivity contribution in [2.45, 2.75) is 25.7 Å². The lowest BCUT2D eigenvalue weighted by atomic mass is 9.96. The Morgan fingerprint density at radius 2 is 1.64 bits per heavy atom. The van der Waals surface area contributed by atoms with Gasteiger partial charge in [-0.15, -0.1) is 0 Å². The molecule has 0 aromatic carbocycles. The van der Waals surface area contributed by atoms with Crippen LogP contribution in [0.2, 0.25) is 0 Å². The van der Waals surface area contributed by atoms with Crippen molar-refractivity contribution in [2.75, 3.05) is 26.3 Å². The van der Waals surface area contributed by atoms with E-state index in [4.69, 9.17) is 9.47 Å². The molecular weight excluding hydrogens is 192 g/mol. The molecule has 0 aromatic heterocycles. The molecule has 2 rings (SSSR count). The van der Waals surface area contributed by atoms with E-state index in [9.17, 15) is 8.78 Å². The molecule has 0 spiro atoms. The van der Waals surface area contributed by atoms with E-state index in [0.29, 0.717) is 32.2 Å². The first-order valence-corrected chi connectivity index (χ1v) is 5.03. The Kier molecular flexibility index (Phi) is 3.30. The number of halogens is 2. The van der Waals surface area contributed by atoms with Crippen molar-refractivity contribution in [2.24, 2.45) is 5.92 Å². The Morgan fingerprint density at radius 1 is 1.07 bits per heavy atom. The average molecular weight is 207 g/mol. The average Bonchev–Trinajstić information content (AvgIpc) is 2.71. The molecule has 82 valence electrons. The van der Waals surface area contributed by atoms with Gasteiger partial charge in [0.1, 0.15) is 0 Å². The fraction of sp³-hybridized carbons (Fsp3) is 1.00. The van der Waals surface area contributed by atoms with Crippen LogP contribution < -0.4 is 0 Å². The maximum absolute atomic E-state index is 12.3. The van der Waals surface area contributed by atoms with E-state index in [2.05, 4.69) is 0 Å². The Balaban J connectivity index is 1.77. The molecule has 0 saturated carbocycles. The van der Waals surface area contributed by atoms with E-state index in [1.807, 2.05) is 0 Å². The first-order chi connectivity index (χ1) is 6.77. The van der Waals surface area contributed by atoms with Gasteiger partial charge in [0, 0.05) is 19.0 Å². The Morgan fingerprint density at radius 3 is 2.14 bits per heavy atom. The highest BCUT2D eigenvalue weighted by Crippen LogP contribution is 2.26. The summed E-state index contributed by atoms with van der Waals surface area (Å²) in [6.45, 7) is -0.141. The van der Waals surface area contributed by atoms with Crippen molar-refractivity contribution in [3.8, 4) is 0 Å². The molecular formula is C9H15F2NO2. The van der Waals surface area contributed by atoms with Crippen LogP contribution in [0.25, 0.3) is 0 Å². The van der Waals surface area contributed by atoms with Gasteiger partial charge in [0.25, 0.3) is 6.55 Å². The molecule has 3 nitrogen and oxygen atoms in total. The fourth-order valence-corrected chi connectivity index (χ4v) is 2.04. The van der Waals surface area contributed by atoms with E-state index in [1.54, 1.807) is 0 Å². The van der Waals surface area contributed by atoms with E-state index in [0.717, 1.165) is 12.8 Å². The molecule has 2 fully saturated rings. The molecule has 2 aliphatic heterocycles. The molecule has 2 aliphatic rings. The highest BCUT2D eigenvalue weighted by molar-refractivity contribution is 4.75. The smallest absolute Gasteiger partial charge is 0.294 e. The fourth-order valence-electron chi connectivity index (χ4n) is 2.04. The van der Waals surface area contributed by atoms with Gasteiger partial charge in [-0.3, -0.25) is 0 Å². The molecule has 0 aromatic rings. The van der Waals surface area contributed by atoms with Gasteiger partial charge in [0.2, 0.25) is 0 Å². The monoisotopic (exact) mass is 207 g/mol. The van der Waals surface area contributed by atoms with Gasteiger partial charge in [-0.1, -0.05) is 0 Å². The molecule has 0 amide bonds. The van der Waals surface area contributed by atoms with Gasteiger partial charge in [-0.05, 0) is 12.8 Å². The molecule has 14 heavy (non-hydrogen) atoms. The third kappa shape index (κ3) is 2.21. The number of hydrogen-bond donors (Lipinski definition) is 0. The summed E-state index contributed by atoms with van der Waals surface area (Å²) in [5, 5.41) is 0. The Hall–Kier alpha value is -0.260. The number of alkyl halides is 2. The van der Waals surface area contributed by atoms with Crippen LogP contribution in [0.4, 0.5) is 8.78 Å². The molecule has 0 radical (unpaired) electrons. The van der Waals surface area contributed by atoms with Crippen LogP contribution >= 0.6 is 0 Å². The third-order valence-electron chi connectivity index (χ3n) is 2.88. The SMILES string of the molecule is FC(F)N1CCC(C2OCCO2)CC1. The van der Waals surface area contributed by atoms with Crippen molar-refractivity contribution in [3.05, 3.63) is 0 Å². The second kappa shape index (κ2) is 4.51. The Labute approximate surface area is 82.0 Å². The summed E-state index contributed by atoms with van der Waals surface area (Å²) >= 11 is 0. The highest BCUT2D eigenvalue weighted by Gasteiger charge is 2.32. The van der Waals surface area contributed by atoms with Gasteiger partial charge in [0.15, 0.2) is 6.29 Å². The first kappa shape index (κ1) is 10.3. The van der Waals surface area contributed by atoms with E-state index < -0.39 is 6.55 Å². The minimum absolute atomic E-state index is 0.144. The zero-order chi connectivity index (χ0) is 9.97. The summed E-state index contributed by atoms with van der Waals surface area (Å²) < 4.78 is 35.3. The standard InChI is InChI=1S/C9H15F2NO2/c10-9(11)12-3-1-7(2-4-12)8-13-5-6-14-8/h7-9H,1-6H2. The minimum atomic E-state index is -2.32. The maximum atomic E-state index is 12.3. The third-order valence-corrected chi connectivity index (χ3v) is 2.88. The van der Waals surface area contributed by atoms with Gasteiger partial charge in [0.05, 0.1) is 13.2 Å². The van der Waals surface area contributed by atoms with Crippen LogP contribution in [0.15, 0.2) is 0 Å². The lowest BCUT2D eigenvalue weighted by Gasteiger charge is -2.32. The summed E-state index contributed by atoms with van der Waals surface area (Å²) in [7, 11) is 0. The van der Waals surface area contributed by atoms with Gasteiger partial charge >= 0.3 is 0 Å². The number of hydrogen-bond acceptors (Lipinski definition) is 3. The summed E-state index contributed by atoms with van der Waals surface area (Å²) in [5.41, 5.74) is 0. The predicted molar refractivity (Wildman–Crippen MR) is 46.0 cm³/mol. The van der Waals surface area contributed by atoms with Gasteiger partial charge in [-0.2, -0.15) is 8.78 Å². The number of nitrogens with zero attached hydrogens (tertiary/aromatic N) is 1. The van der Waals surface area contributed by atoms with Crippen LogP contribution in [0.1, 0.15) is 12.8 Å². The summed E-state index contributed by atoms with van der Waals surface area (Å²) in [5.74, 6) is 0.299. The van der Waals surface area contributed by atoms with Gasteiger partial charge < -0.3 is 9.47 Å².